The quantitative estimate of drug-likeness (QED) is 0.830. The summed E-state index contributed by atoms with van der Waals surface area (Å²) in [6.07, 6.45) is 4.14. The highest BCUT2D eigenvalue weighted by atomic mass is 35.5. The van der Waals surface area contributed by atoms with Gasteiger partial charge in [0.2, 0.25) is 0 Å². The fourth-order valence-electron chi connectivity index (χ4n) is 4.60. The molecule has 0 aliphatic heterocycles. The molecule has 1 aromatic carbocycles. The lowest BCUT2D eigenvalue weighted by atomic mass is 9.69. The fourth-order valence-corrected chi connectivity index (χ4v) is 4.83. The average molecular weight is 292 g/mol. The van der Waals surface area contributed by atoms with E-state index in [2.05, 4.69) is 45.1 Å². The van der Waals surface area contributed by atoms with Crippen LogP contribution in [0.1, 0.15) is 51.2 Å². The van der Waals surface area contributed by atoms with E-state index >= 15 is 0 Å². The summed E-state index contributed by atoms with van der Waals surface area (Å²) < 4.78 is 0. The standard InChI is InChI=1S/C18H26ClN/c1-12-9-15(19)6-5-13(12)11-20-16-10-14-7-8-18(16,4)17(14,2)3/h5-6,9,14,16,20H,7-8,10-11H2,1-4H3. The van der Waals surface area contributed by atoms with Crippen molar-refractivity contribution in [2.75, 3.05) is 0 Å². The van der Waals surface area contributed by atoms with E-state index in [1.807, 2.05) is 6.07 Å². The van der Waals surface area contributed by atoms with Gasteiger partial charge in [-0.1, -0.05) is 38.4 Å². The summed E-state index contributed by atoms with van der Waals surface area (Å²) in [7, 11) is 0. The van der Waals surface area contributed by atoms with Crippen LogP contribution in [0.2, 0.25) is 5.02 Å². The van der Waals surface area contributed by atoms with Crippen molar-refractivity contribution >= 4 is 11.6 Å². The van der Waals surface area contributed by atoms with E-state index in [4.69, 9.17) is 11.6 Å². The SMILES string of the molecule is Cc1cc(Cl)ccc1CNC1CC2CCC1(C)C2(C)C. The summed E-state index contributed by atoms with van der Waals surface area (Å²) in [5, 5.41) is 4.68. The van der Waals surface area contributed by atoms with Crippen LogP contribution in [0.25, 0.3) is 0 Å². The van der Waals surface area contributed by atoms with Crippen LogP contribution < -0.4 is 5.32 Å². The van der Waals surface area contributed by atoms with E-state index in [0.717, 1.165) is 17.5 Å². The molecule has 0 saturated heterocycles. The van der Waals surface area contributed by atoms with Crippen LogP contribution in [0.15, 0.2) is 18.2 Å². The van der Waals surface area contributed by atoms with Gasteiger partial charge in [-0.2, -0.15) is 0 Å². The van der Waals surface area contributed by atoms with Crippen molar-refractivity contribution in [1.82, 2.24) is 5.32 Å². The molecule has 2 saturated carbocycles. The van der Waals surface area contributed by atoms with Crippen LogP contribution in [-0.4, -0.2) is 6.04 Å². The zero-order valence-electron chi connectivity index (χ0n) is 13.1. The Morgan fingerprint density at radius 1 is 1.30 bits per heavy atom. The smallest absolute Gasteiger partial charge is 0.0408 e. The van der Waals surface area contributed by atoms with Crippen molar-refractivity contribution in [2.45, 2.75) is 59.5 Å². The highest BCUT2D eigenvalue weighted by Crippen LogP contribution is 2.65. The van der Waals surface area contributed by atoms with Crippen LogP contribution in [0, 0.1) is 23.7 Å². The van der Waals surface area contributed by atoms with Gasteiger partial charge >= 0.3 is 0 Å². The van der Waals surface area contributed by atoms with Gasteiger partial charge in [-0.3, -0.25) is 0 Å². The molecule has 3 unspecified atom stereocenters. The summed E-state index contributed by atoms with van der Waals surface area (Å²) in [5.74, 6) is 0.899. The largest absolute Gasteiger partial charge is 0.309 e. The minimum Gasteiger partial charge on any atom is -0.309 e. The van der Waals surface area contributed by atoms with E-state index < -0.39 is 0 Å². The molecule has 2 bridgehead atoms. The Morgan fingerprint density at radius 3 is 2.60 bits per heavy atom. The van der Waals surface area contributed by atoms with Gasteiger partial charge in [0.1, 0.15) is 0 Å². The van der Waals surface area contributed by atoms with Crippen LogP contribution in [0.3, 0.4) is 0 Å². The summed E-state index contributed by atoms with van der Waals surface area (Å²) in [4.78, 5) is 0. The molecule has 3 atom stereocenters. The van der Waals surface area contributed by atoms with Crippen LogP contribution in [0.4, 0.5) is 0 Å². The van der Waals surface area contributed by atoms with Crippen molar-refractivity contribution in [3.63, 3.8) is 0 Å². The van der Waals surface area contributed by atoms with Gasteiger partial charge in [0.25, 0.3) is 0 Å². The third-order valence-corrected chi connectivity index (χ3v) is 6.87. The van der Waals surface area contributed by atoms with E-state index in [1.165, 1.54) is 30.4 Å². The van der Waals surface area contributed by atoms with Gasteiger partial charge < -0.3 is 5.32 Å². The highest BCUT2D eigenvalue weighted by Gasteiger charge is 2.60. The molecule has 1 aromatic rings. The summed E-state index contributed by atoms with van der Waals surface area (Å²) >= 11 is 6.03. The van der Waals surface area contributed by atoms with Crippen molar-refractivity contribution in [3.8, 4) is 0 Å². The van der Waals surface area contributed by atoms with Crippen LogP contribution in [-0.2, 0) is 6.54 Å². The molecule has 1 N–H and O–H groups in total. The number of rotatable bonds is 3. The molecular weight excluding hydrogens is 266 g/mol. The normalized spacial score (nSPS) is 34.6. The molecule has 2 fully saturated rings. The maximum atomic E-state index is 6.03. The molecule has 2 aliphatic rings. The Balaban J connectivity index is 1.71. The van der Waals surface area contributed by atoms with Gasteiger partial charge in [0, 0.05) is 17.6 Å². The van der Waals surface area contributed by atoms with Gasteiger partial charge in [-0.15, -0.1) is 0 Å². The molecule has 110 valence electrons. The molecule has 0 aromatic heterocycles. The van der Waals surface area contributed by atoms with E-state index in [9.17, 15) is 0 Å². The Bertz CT molecular complexity index is 522. The molecule has 0 amide bonds. The maximum absolute atomic E-state index is 6.03. The lowest BCUT2D eigenvalue weighted by Crippen LogP contribution is -2.44. The topological polar surface area (TPSA) is 12.0 Å². The second-order valence-electron chi connectivity index (χ2n) is 7.61. The van der Waals surface area contributed by atoms with Crippen molar-refractivity contribution in [3.05, 3.63) is 34.3 Å². The van der Waals surface area contributed by atoms with Gasteiger partial charge in [-0.05, 0) is 66.2 Å². The van der Waals surface area contributed by atoms with Crippen molar-refractivity contribution < 1.29 is 0 Å². The summed E-state index contributed by atoms with van der Waals surface area (Å²) in [5.41, 5.74) is 3.61. The number of nitrogens with one attached hydrogen (secondary N) is 1. The predicted octanol–water partition coefficient (Wildman–Crippen LogP) is 4.95. The second kappa shape index (κ2) is 4.74. The highest BCUT2D eigenvalue weighted by molar-refractivity contribution is 6.30. The molecule has 1 nitrogen and oxygen atoms in total. The first-order chi connectivity index (χ1) is 9.34. The fraction of sp³-hybridized carbons (Fsp3) is 0.667. The first kappa shape index (κ1) is 14.4. The maximum Gasteiger partial charge on any atom is 0.0408 e. The van der Waals surface area contributed by atoms with Gasteiger partial charge in [-0.25, -0.2) is 0 Å². The monoisotopic (exact) mass is 291 g/mol. The van der Waals surface area contributed by atoms with Crippen molar-refractivity contribution in [1.29, 1.82) is 0 Å². The Kier molecular flexibility index (Phi) is 3.42. The number of benzene rings is 1. The average Bonchev–Trinajstić information content (AvgIpc) is 2.70. The number of hydrogen-bond acceptors (Lipinski definition) is 1. The molecule has 20 heavy (non-hydrogen) atoms. The zero-order chi connectivity index (χ0) is 14.5. The minimum atomic E-state index is 0.456. The Morgan fingerprint density at radius 2 is 2.05 bits per heavy atom. The van der Waals surface area contributed by atoms with Gasteiger partial charge in [0.05, 0.1) is 0 Å². The summed E-state index contributed by atoms with van der Waals surface area (Å²) in [6.45, 7) is 10.5. The van der Waals surface area contributed by atoms with E-state index in [-0.39, 0.29) is 0 Å². The molecule has 2 aliphatic carbocycles. The molecule has 0 spiro atoms. The third kappa shape index (κ3) is 2.02. The molecule has 0 radical (unpaired) electrons. The van der Waals surface area contributed by atoms with E-state index in [0.29, 0.717) is 16.9 Å². The molecular formula is C18H26ClN. The van der Waals surface area contributed by atoms with Crippen LogP contribution in [0.5, 0.6) is 0 Å². The minimum absolute atomic E-state index is 0.456. The van der Waals surface area contributed by atoms with Crippen molar-refractivity contribution in [2.24, 2.45) is 16.7 Å². The molecule has 0 heterocycles. The predicted molar refractivity (Wildman–Crippen MR) is 86.0 cm³/mol. The van der Waals surface area contributed by atoms with E-state index in [1.54, 1.807) is 0 Å². The lowest BCUT2D eigenvalue weighted by Gasteiger charge is -2.39. The number of aryl methyl sites for hydroxylation is 1. The molecule has 3 rings (SSSR count). The first-order valence-electron chi connectivity index (χ1n) is 7.83. The third-order valence-electron chi connectivity index (χ3n) is 6.64. The molecule has 2 heteroatoms. The number of fused-ring (bicyclic) bond motifs is 2. The second-order valence-corrected chi connectivity index (χ2v) is 8.05. The summed E-state index contributed by atoms with van der Waals surface area (Å²) in [6, 6.07) is 6.88. The zero-order valence-corrected chi connectivity index (χ0v) is 13.8. The van der Waals surface area contributed by atoms with Gasteiger partial charge in [0.15, 0.2) is 0 Å². The first-order valence-corrected chi connectivity index (χ1v) is 8.21. The lowest BCUT2D eigenvalue weighted by molar-refractivity contribution is 0.120. The Hall–Kier alpha value is -0.530. The number of hydrogen-bond donors (Lipinski definition) is 1. The van der Waals surface area contributed by atoms with Crippen LogP contribution >= 0.6 is 11.6 Å². The number of halogens is 1. The Labute approximate surface area is 128 Å².